The van der Waals surface area contributed by atoms with Crippen LogP contribution in [-0.2, 0) is 14.8 Å². The van der Waals surface area contributed by atoms with Gasteiger partial charge in [0.1, 0.15) is 5.75 Å². The summed E-state index contributed by atoms with van der Waals surface area (Å²) >= 11 is 5.91. The first kappa shape index (κ1) is 31.2. The van der Waals surface area contributed by atoms with Gasteiger partial charge in [-0.3, -0.25) is 9.52 Å². The van der Waals surface area contributed by atoms with E-state index in [0.717, 1.165) is 19.3 Å². The van der Waals surface area contributed by atoms with E-state index in [1.54, 1.807) is 24.0 Å². The Morgan fingerprint density at radius 1 is 1.15 bits per heavy atom. The van der Waals surface area contributed by atoms with Crippen molar-refractivity contribution in [3.05, 3.63) is 53.1 Å². The van der Waals surface area contributed by atoms with Gasteiger partial charge in [0.15, 0.2) is 0 Å². The third-order valence-corrected chi connectivity index (χ3v) is 8.48. The Labute approximate surface area is 236 Å². The van der Waals surface area contributed by atoms with Crippen LogP contribution >= 0.6 is 11.6 Å². The van der Waals surface area contributed by atoms with E-state index in [9.17, 15) is 18.3 Å². The number of halogens is 1. The number of aliphatic hydroxyl groups is 1. The number of nitrogens with one attached hydrogen (secondary N) is 2. The first-order valence-corrected chi connectivity index (χ1v) is 15.2. The van der Waals surface area contributed by atoms with E-state index in [0.29, 0.717) is 30.5 Å². The Bertz CT molecular complexity index is 1190. The predicted molar refractivity (Wildman–Crippen MR) is 153 cm³/mol. The van der Waals surface area contributed by atoms with Crippen LogP contribution in [0.15, 0.2) is 47.4 Å². The maximum Gasteiger partial charge on any atom is 0.261 e. The monoisotopic (exact) mass is 581 g/mol. The molecule has 3 rings (SSSR count). The predicted octanol–water partition coefficient (Wildman–Crippen LogP) is 4.16. The maximum atomic E-state index is 14.0. The van der Waals surface area contributed by atoms with Crippen molar-refractivity contribution in [2.24, 2.45) is 5.92 Å². The number of amides is 1. The minimum absolute atomic E-state index is 0.0341. The van der Waals surface area contributed by atoms with Crippen LogP contribution in [0.4, 0.5) is 5.69 Å². The summed E-state index contributed by atoms with van der Waals surface area (Å²) in [5.74, 6) is -0.0311. The highest BCUT2D eigenvalue weighted by atomic mass is 35.5. The molecule has 0 spiro atoms. The zero-order valence-electron chi connectivity index (χ0n) is 23.0. The Kier molecular flexibility index (Phi) is 11.4. The molecule has 1 aliphatic rings. The van der Waals surface area contributed by atoms with Crippen LogP contribution in [0.3, 0.4) is 0 Å². The third kappa shape index (κ3) is 8.56. The average molecular weight is 582 g/mol. The number of nitrogens with zero attached hydrogens (tertiary/aromatic N) is 1. The normalized spacial score (nSPS) is 22.4. The average Bonchev–Trinajstić information content (AvgIpc) is 2.90. The molecule has 0 aliphatic carbocycles. The summed E-state index contributed by atoms with van der Waals surface area (Å²) in [6, 6.07) is 10.0. The molecule has 1 aliphatic heterocycles. The number of carbonyl (C=O) groups excluding carboxylic acids is 1. The summed E-state index contributed by atoms with van der Waals surface area (Å²) in [6.45, 7) is 7.09. The summed E-state index contributed by atoms with van der Waals surface area (Å²) < 4.78 is 41.0. The fourth-order valence-corrected chi connectivity index (χ4v) is 5.68. The minimum Gasteiger partial charge on any atom is -0.490 e. The molecule has 0 fully saturated rings. The summed E-state index contributed by atoms with van der Waals surface area (Å²) in [4.78, 5) is 15.7. The number of aliphatic hydroxyl groups excluding tert-OH is 1. The van der Waals surface area contributed by atoms with Crippen LogP contribution in [0.2, 0.25) is 5.02 Å². The number of hydrogen-bond acceptors (Lipinski definition) is 7. The van der Waals surface area contributed by atoms with E-state index in [-0.39, 0.29) is 46.8 Å². The Hall–Kier alpha value is -2.37. The Balaban J connectivity index is 2.02. The molecule has 1 amide bonds. The van der Waals surface area contributed by atoms with Crippen LogP contribution in [0.25, 0.3) is 0 Å². The lowest BCUT2D eigenvalue weighted by atomic mass is 10.0. The first-order valence-electron chi connectivity index (χ1n) is 13.3. The number of rotatable bonds is 7. The zero-order valence-corrected chi connectivity index (χ0v) is 24.6. The van der Waals surface area contributed by atoms with Gasteiger partial charge in [-0.1, -0.05) is 18.5 Å². The molecular weight excluding hydrogens is 542 g/mol. The lowest BCUT2D eigenvalue weighted by molar-refractivity contribution is -0.000450. The number of sulfonamides is 1. The lowest BCUT2D eigenvalue weighted by Crippen LogP contribution is -2.47. The highest BCUT2D eigenvalue weighted by Crippen LogP contribution is 2.29. The molecule has 0 bridgehead atoms. The third-order valence-electron chi connectivity index (χ3n) is 6.83. The standard InChI is InChI=1S/C28H40ClN3O6S/c1-19-17-32(20(2)18-33)28(34)25-15-23(31-39(35,36)24-11-8-22(29)9-12-24)10-13-26(25)38-21(3)7-5-6-14-37-27(19)16-30-4/h8-13,15,19-21,27,30-31,33H,5-7,14,16-18H2,1-4H3/t19-,20+,21-,27+/m0/s1. The zero-order chi connectivity index (χ0) is 28.6. The molecule has 3 N–H and O–H groups in total. The van der Waals surface area contributed by atoms with Gasteiger partial charge in [0, 0.05) is 36.3 Å². The number of hydrogen-bond donors (Lipinski definition) is 3. The molecule has 2 aromatic rings. The molecule has 0 radical (unpaired) electrons. The molecule has 1 heterocycles. The van der Waals surface area contributed by atoms with Crippen LogP contribution in [-0.4, -0.2) is 75.9 Å². The molecule has 4 atom stereocenters. The molecule has 11 heteroatoms. The molecular formula is C28H40ClN3O6S. The first-order chi connectivity index (χ1) is 18.6. The van der Waals surface area contributed by atoms with Crippen molar-refractivity contribution in [2.75, 3.05) is 38.1 Å². The quantitative estimate of drug-likeness (QED) is 0.449. The smallest absolute Gasteiger partial charge is 0.261 e. The number of fused-ring (bicyclic) bond motifs is 1. The number of carbonyl (C=O) groups is 1. The van der Waals surface area contributed by atoms with Crippen molar-refractivity contribution in [3.8, 4) is 5.75 Å². The SMILES string of the molecule is CNC[C@H]1OCCCC[C@H](C)Oc2ccc(NS(=O)(=O)c3ccc(Cl)cc3)cc2C(=O)N([C@H](C)CO)C[C@@H]1C. The molecule has 0 unspecified atom stereocenters. The van der Waals surface area contributed by atoms with Gasteiger partial charge in [-0.15, -0.1) is 0 Å². The van der Waals surface area contributed by atoms with E-state index in [1.807, 2.05) is 20.9 Å². The second kappa shape index (κ2) is 14.3. The second-order valence-electron chi connectivity index (χ2n) is 10.1. The van der Waals surface area contributed by atoms with Gasteiger partial charge in [-0.05, 0) is 82.6 Å². The van der Waals surface area contributed by atoms with Gasteiger partial charge in [0.2, 0.25) is 0 Å². The van der Waals surface area contributed by atoms with Gasteiger partial charge in [0.25, 0.3) is 15.9 Å². The highest BCUT2D eigenvalue weighted by molar-refractivity contribution is 7.92. The Morgan fingerprint density at radius 2 is 1.87 bits per heavy atom. The van der Waals surface area contributed by atoms with Gasteiger partial charge in [-0.25, -0.2) is 8.42 Å². The molecule has 0 aromatic heterocycles. The van der Waals surface area contributed by atoms with Crippen molar-refractivity contribution < 1.29 is 27.8 Å². The number of anilines is 1. The maximum absolute atomic E-state index is 14.0. The number of ether oxygens (including phenoxy) is 2. The topological polar surface area (TPSA) is 117 Å². The number of likely N-dealkylation sites (N-methyl/N-ethyl adjacent to an activating group) is 1. The van der Waals surface area contributed by atoms with Crippen LogP contribution in [0.1, 0.15) is 50.4 Å². The molecule has 39 heavy (non-hydrogen) atoms. The summed E-state index contributed by atoms with van der Waals surface area (Å²) in [6.07, 6.45) is 2.26. The summed E-state index contributed by atoms with van der Waals surface area (Å²) in [7, 11) is -2.06. The van der Waals surface area contributed by atoms with E-state index in [1.165, 1.54) is 30.3 Å². The van der Waals surface area contributed by atoms with Gasteiger partial charge >= 0.3 is 0 Å². The number of benzene rings is 2. The Morgan fingerprint density at radius 3 is 2.54 bits per heavy atom. The molecule has 2 aromatic carbocycles. The van der Waals surface area contributed by atoms with Crippen LogP contribution < -0.4 is 14.8 Å². The van der Waals surface area contributed by atoms with Crippen molar-refractivity contribution in [1.29, 1.82) is 0 Å². The van der Waals surface area contributed by atoms with E-state index < -0.39 is 16.1 Å². The summed E-state index contributed by atoms with van der Waals surface area (Å²) in [5, 5.41) is 13.6. The minimum atomic E-state index is -3.93. The highest BCUT2D eigenvalue weighted by Gasteiger charge is 2.30. The van der Waals surface area contributed by atoms with Gasteiger partial charge < -0.3 is 24.8 Å². The molecule has 0 saturated heterocycles. The molecule has 216 valence electrons. The van der Waals surface area contributed by atoms with Gasteiger partial charge in [-0.2, -0.15) is 0 Å². The van der Waals surface area contributed by atoms with Crippen molar-refractivity contribution >= 4 is 33.2 Å². The second-order valence-corrected chi connectivity index (χ2v) is 12.2. The van der Waals surface area contributed by atoms with Crippen LogP contribution in [0.5, 0.6) is 5.75 Å². The fourth-order valence-electron chi connectivity index (χ4n) is 4.51. The molecule has 9 nitrogen and oxygen atoms in total. The summed E-state index contributed by atoms with van der Waals surface area (Å²) in [5.41, 5.74) is 0.435. The van der Waals surface area contributed by atoms with E-state index in [2.05, 4.69) is 10.0 Å². The largest absolute Gasteiger partial charge is 0.490 e. The van der Waals surface area contributed by atoms with Crippen molar-refractivity contribution in [3.63, 3.8) is 0 Å². The van der Waals surface area contributed by atoms with E-state index >= 15 is 0 Å². The van der Waals surface area contributed by atoms with E-state index in [4.69, 9.17) is 21.1 Å². The lowest BCUT2D eigenvalue weighted by Gasteiger charge is -2.34. The van der Waals surface area contributed by atoms with Crippen LogP contribution in [0, 0.1) is 5.92 Å². The molecule has 0 saturated carbocycles. The van der Waals surface area contributed by atoms with Crippen molar-refractivity contribution in [2.45, 2.75) is 63.2 Å². The van der Waals surface area contributed by atoms with Gasteiger partial charge in [0.05, 0.1) is 35.3 Å². The fraction of sp³-hybridized carbons (Fsp3) is 0.536. The van der Waals surface area contributed by atoms with Crippen molar-refractivity contribution in [1.82, 2.24) is 10.2 Å².